The lowest BCUT2D eigenvalue weighted by Gasteiger charge is -2.40. The first-order valence-electron chi connectivity index (χ1n) is 25.7. The molecule has 0 fully saturated rings. The molecule has 0 radical (unpaired) electrons. The summed E-state index contributed by atoms with van der Waals surface area (Å²) in [6.07, 6.45) is 0. The smallest absolute Gasteiger partial charge is 0.0755 e. The number of fused-ring (bicyclic) bond motifs is 18. The van der Waals surface area contributed by atoms with Crippen LogP contribution in [0.3, 0.4) is 0 Å². The molecule has 0 unspecified atom stereocenters. The number of benzene rings is 13. The van der Waals surface area contributed by atoms with E-state index in [1.54, 1.807) is 0 Å². The number of hydrogen-bond donors (Lipinski definition) is 0. The monoisotopic (exact) mass is 939 g/mol. The third-order valence-electron chi connectivity index (χ3n) is 16.2. The van der Waals surface area contributed by atoms with Crippen LogP contribution in [0.15, 0.2) is 273 Å². The maximum atomic E-state index is 2.58. The van der Waals surface area contributed by atoms with Crippen LogP contribution in [0.5, 0.6) is 0 Å². The highest BCUT2D eigenvalue weighted by molar-refractivity contribution is 6.18. The molecule has 1 aliphatic carbocycles. The molecule has 16 rings (SSSR count). The Kier molecular flexibility index (Phi) is 8.66. The predicted octanol–water partition coefficient (Wildman–Crippen LogP) is 19.0. The Balaban J connectivity index is 1.07. The van der Waals surface area contributed by atoms with E-state index in [2.05, 4.69) is 287 Å². The van der Waals surface area contributed by atoms with Crippen molar-refractivity contribution in [1.29, 1.82) is 0 Å². The molecule has 0 bridgehead atoms. The lowest BCUT2D eigenvalue weighted by atomic mass is 9.65. The van der Waals surface area contributed by atoms with Gasteiger partial charge in [-0.1, -0.05) is 188 Å². The lowest BCUT2D eigenvalue weighted by molar-refractivity contribution is 0.749. The highest BCUT2D eigenvalue weighted by atomic mass is 15.2. The Bertz CT molecular complexity index is 4540. The average molecular weight is 940 g/mol. The van der Waals surface area contributed by atoms with Crippen LogP contribution in [0, 0.1) is 0 Å². The first kappa shape index (κ1) is 41.0. The topological polar surface area (TPSA) is 11.4 Å². The first-order chi connectivity index (χ1) is 36.7. The Labute approximate surface area is 428 Å². The van der Waals surface area contributed by atoms with Gasteiger partial charge in [0.25, 0.3) is 0 Å². The average Bonchev–Trinajstić information content (AvgIpc) is 4.07. The number of para-hydroxylation sites is 3. The van der Waals surface area contributed by atoms with Gasteiger partial charge < -0.3 is 14.4 Å². The van der Waals surface area contributed by atoms with E-state index in [1.165, 1.54) is 104 Å². The molecular formula is C71H45N3. The van der Waals surface area contributed by atoms with E-state index >= 15 is 0 Å². The molecule has 74 heavy (non-hydrogen) atoms. The Hall–Kier alpha value is -9.70. The van der Waals surface area contributed by atoms with Crippen molar-refractivity contribution < 1.29 is 0 Å². The Morgan fingerprint density at radius 3 is 1.30 bits per heavy atom. The van der Waals surface area contributed by atoms with Gasteiger partial charge in [0, 0.05) is 44.9 Å². The summed E-state index contributed by atoms with van der Waals surface area (Å²) in [5, 5.41) is 12.3. The molecular weight excluding hydrogens is 895 g/mol. The molecule has 0 saturated carbocycles. The number of rotatable bonds is 6. The molecule has 13 aromatic carbocycles. The lowest BCUT2D eigenvalue weighted by Crippen LogP contribution is -2.33. The number of aromatic nitrogens is 1. The minimum atomic E-state index is -0.691. The van der Waals surface area contributed by atoms with Crippen LogP contribution in [0.1, 0.15) is 22.3 Å². The van der Waals surface area contributed by atoms with Crippen LogP contribution in [-0.4, -0.2) is 4.57 Å². The van der Waals surface area contributed by atoms with Crippen molar-refractivity contribution >= 4 is 99.0 Å². The van der Waals surface area contributed by atoms with Crippen LogP contribution in [0.2, 0.25) is 0 Å². The number of anilines is 6. The zero-order valence-electron chi connectivity index (χ0n) is 40.3. The van der Waals surface area contributed by atoms with Gasteiger partial charge in [0.15, 0.2) is 0 Å². The van der Waals surface area contributed by atoms with Crippen LogP contribution in [-0.2, 0) is 5.41 Å². The summed E-state index contributed by atoms with van der Waals surface area (Å²) >= 11 is 0. The molecule has 0 atom stereocenters. The molecule has 3 heteroatoms. The standard InChI is InChI=1S/C71H45N3/c1-3-23-52(24-4-1)72(54-35-31-46-17-7-9-21-50(46)41-54)56-37-40-66-60(43-56)61-44-57(73(53-25-5-2-6-26-53)55-36-32-47-18-8-10-22-51(47)42-55)45-65-70(61)74(66)67-30-16-15-29-62(67)71(65)63-38-33-48-19-11-13-27-58(48)68(63)69-59-28-14-12-20-49(59)34-39-64(69)71/h1-45H. The van der Waals surface area contributed by atoms with Crippen LogP contribution in [0.25, 0.3) is 81.7 Å². The fourth-order valence-electron chi connectivity index (χ4n) is 13.2. The summed E-state index contributed by atoms with van der Waals surface area (Å²) in [6.45, 7) is 0. The van der Waals surface area contributed by atoms with Gasteiger partial charge in [0.2, 0.25) is 0 Å². The summed E-state index contributed by atoms with van der Waals surface area (Å²) < 4.78 is 2.58. The molecule has 2 aliphatic rings. The Morgan fingerprint density at radius 1 is 0.257 bits per heavy atom. The van der Waals surface area contributed by atoms with Gasteiger partial charge in [-0.3, -0.25) is 0 Å². The second-order valence-corrected chi connectivity index (χ2v) is 20.0. The summed E-state index contributed by atoms with van der Waals surface area (Å²) in [7, 11) is 0. The van der Waals surface area contributed by atoms with E-state index in [-0.39, 0.29) is 0 Å². The van der Waals surface area contributed by atoms with Gasteiger partial charge >= 0.3 is 0 Å². The molecule has 344 valence electrons. The van der Waals surface area contributed by atoms with Crippen LogP contribution in [0.4, 0.5) is 34.1 Å². The largest absolute Gasteiger partial charge is 0.310 e. The third kappa shape index (κ3) is 5.72. The zero-order chi connectivity index (χ0) is 48.5. The van der Waals surface area contributed by atoms with Crippen LogP contribution >= 0.6 is 0 Å². The normalized spacial score (nSPS) is 13.0. The van der Waals surface area contributed by atoms with E-state index in [0.717, 1.165) is 34.1 Å². The van der Waals surface area contributed by atoms with E-state index in [4.69, 9.17) is 0 Å². The van der Waals surface area contributed by atoms with Gasteiger partial charge in [-0.25, -0.2) is 0 Å². The van der Waals surface area contributed by atoms with E-state index in [0.29, 0.717) is 0 Å². The van der Waals surface area contributed by atoms with Crippen molar-refractivity contribution in [2.24, 2.45) is 0 Å². The van der Waals surface area contributed by atoms with Crippen LogP contribution < -0.4 is 9.80 Å². The summed E-state index contributed by atoms with van der Waals surface area (Å²) in [5.41, 5.74) is 17.3. The van der Waals surface area contributed by atoms with Gasteiger partial charge in [-0.05, 0) is 161 Å². The summed E-state index contributed by atoms with van der Waals surface area (Å²) in [4.78, 5) is 4.90. The molecule has 1 aliphatic heterocycles. The van der Waals surface area contributed by atoms with E-state index < -0.39 is 5.41 Å². The maximum absolute atomic E-state index is 2.58. The quantitative estimate of drug-likeness (QED) is 0.165. The molecule has 0 amide bonds. The van der Waals surface area contributed by atoms with Crippen molar-refractivity contribution in [1.82, 2.24) is 4.57 Å². The fourth-order valence-corrected chi connectivity index (χ4v) is 13.2. The van der Waals surface area contributed by atoms with Crippen molar-refractivity contribution in [2.75, 3.05) is 9.80 Å². The number of hydrogen-bond acceptors (Lipinski definition) is 2. The third-order valence-corrected chi connectivity index (χ3v) is 16.2. The highest BCUT2D eigenvalue weighted by Crippen LogP contribution is 2.64. The van der Waals surface area contributed by atoms with Crippen molar-refractivity contribution in [2.45, 2.75) is 5.41 Å². The highest BCUT2D eigenvalue weighted by Gasteiger charge is 2.52. The second-order valence-electron chi connectivity index (χ2n) is 20.0. The van der Waals surface area contributed by atoms with Crippen molar-refractivity contribution in [3.8, 4) is 16.8 Å². The van der Waals surface area contributed by atoms with Gasteiger partial charge in [0.1, 0.15) is 0 Å². The molecule has 0 N–H and O–H groups in total. The molecule has 14 aromatic rings. The van der Waals surface area contributed by atoms with E-state index in [9.17, 15) is 0 Å². The molecule has 2 heterocycles. The van der Waals surface area contributed by atoms with Gasteiger partial charge in [-0.2, -0.15) is 0 Å². The minimum Gasteiger partial charge on any atom is -0.310 e. The van der Waals surface area contributed by atoms with E-state index in [1.807, 2.05) is 0 Å². The van der Waals surface area contributed by atoms with Crippen molar-refractivity contribution in [3.63, 3.8) is 0 Å². The maximum Gasteiger partial charge on any atom is 0.0755 e. The zero-order valence-corrected chi connectivity index (χ0v) is 40.3. The van der Waals surface area contributed by atoms with Gasteiger partial charge in [-0.15, -0.1) is 0 Å². The van der Waals surface area contributed by atoms with Crippen molar-refractivity contribution in [3.05, 3.63) is 295 Å². The predicted molar refractivity (Wildman–Crippen MR) is 311 cm³/mol. The summed E-state index contributed by atoms with van der Waals surface area (Å²) in [5.74, 6) is 0. The second kappa shape index (κ2) is 15.6. The fraction of sp³-hybridized carbons (Fsp3) is 0.0141. The number of nitrogens with zero attached hydrogens (tertiary/aromatic N) is 3. The molecule has 3 nitrogen and oxygen atoms in total. The molecule has 1 spiro atoms. The SMILES string of the molecule is c1ccc(N(c2ccc3ccccc3c2)c2ccc3c(c2)c2cc(N(c4ccccc4)c4ccc5ccccc5c4)cc4c2n3-c2ccccc2C42c3ccc4ccccc4c3-c3c2ccc2ccccc32)cc1. The summed E-state index contributed by atoms with van der Waals surface area (Å²) in [6, 6.07) is 102. The Morgan fingerprint density at radius 2 is 0.703 bits per heavy atom. The molecule has 1 aromatic heterocycles. The van der Waals surface area contributed by atoms with Gasteiger partial charge in [0.05, 0.1) is 22.1 Å². The molecule has 0 saturated heterocycles. The first-order valence-corrected chi connectivity index (χ1v) is 25.7. The minimum absolute atomic E-state index is 0.691.